The van der Waals surface area contributed by atoms with Crippen molar-refractivity contribution in [3.8, 4) is 0 Å². The highest BCUT2D eigenvalue weighted by atomic mass is 35.5. The first kappa shape index (κ1) is 12.8. The first-order valence-electron chi connectivity index (χ1n) is 6.32. The van der Waals surface area contributed by atoms with Crippen LogP contribution in [-0.2, 0) is 6.42 Å². The minimum absolute atomic E-state index is 0.523. The maximum absolute atomic E-state index is 13.1. The number of alkyl halides is 1. The van der Waals surface area contributed by atoms with Crippen LogP contribution in [0.5, 0.6) is 0 Å². The maximum atomic E-state index is 13.1. The van der Waals surface area contributed by atoms with Gasteiger partial charge in [0.05, 0.1) is 0 Å². The topological polar surface area (TPSA) is 12.0 Å². The van der Waals surface area contributed by atoms with Crippen LogP contribution < -0.4 is 5.32 Å². The van der Waals surface area contributed by atoms with E-state index in [1.54, 1.807) is 6.07 Å². The fraction of sp³-hybridized carbons (Fsp3) is 0.571. The SMILES string of the molecule is CC(F)c1ccc(CC2CCCCN2)c(Cl)c1. The van der Waals surface area contributed by atoms with E-state index in [1.807, 2.05) is 12.1 Å². The number of hydrogen-bond acceptors (Lipinski definition) is 1. The standard InChI is InChI=1S/C14H19ClFN/c1-10(16)11-5-6-12(14(15)9-11)8-13-4-2-3-7-17-13/h5-6,9-10,13,17H,2-4,7-8H2,1H3. The van der Waals surface area contributed by atoms with Crippen molar-refractivity contribution in [1.82, 2.24) is 5.32 Å². The molecule has 1 aromatic rings. The van der Waals surface area contributed by atoms with Crippen molar-refractivity contribution in [3.63, 3.8) is 0 Å². The van der Waals surface area contributed by atoms with E-state index in [1.165, 1.54) is 26.2 Å². The van der Waals surface area contributed by atoms with Crippen LogP contribution in [0.15, 0.2) is 18.2 Å². The van der Waals surface area contributed by atoms with Crippen molar-refractivity contribution in [2.75, 3.05) is 6.54 Å². The van der Waals surface area contributed by atoms with Crippen molar-refractivity contribution in [2.45, 2.75) is 44.8 Å². The number of rotatable bonds is 3. The highest BCUT2D eigenvalue weighted by molar-refractivity contribution is 6.31. The summed E-state index contributed by atoms with van der Waals surface area (Å²) < 4.78 is 13.1. The molecule has 1 heterocycles. The van der Waals surface area contributed by atoms with Gasteiger partial charge in [-0.2, -0.15) is 0 Å². The Kier molecular flexibility index (Phi) is 4.41. The molecular weight excluding hydrogens is 237 g/mol. The summed E-state index contributed by atoms with van der Waals surface area (Å²) in [6.45, 7) is 2.63. The Hall–Kier alpha value is -0.600. The molecule has 1 fully saturated rings. The fourth-order valence-corrected chi connectivity index (χ4v) is 2.61. The summed E-state index contributed by atoms with van der Waals surface area (Å²) in [7, 11) is 0. The van der Waals surface area contributed by atoms with Crippen LogP contribution in [0.4, 0.5) is 4.39 Å². The first-order chi connectivity index (χ1) is 8.16. The lowest BCUT2D eigenvalue weighted by molar-refractivity contribution is 0.374. The molecule has 94 valence electrons. The Bertz CT molecular complexity index is 372. The van der Waals surface area contributed by atoms with Crippen LogP contribution >= 0.6 is 11.6 Å². The van der Waals surface area contributed by atoms with Gasteiger partial charge in [0.1, 0.15) is 6.17 Å². The molecule has 1 N–H and O–H groups in total. The lowest BCUT2D eigenvalue weighted by atomic mass is 9.97. The van der Waals surface area contributed by atoms with Gasteiger partial charge in [-0.25, -0.2) is 4.39 Å². The molecule has 0 radical (unpaired) electrons. The molecule has 1 saturated heterocycles. The van der Waals surface area contributed by atoms with E-state index in [-0.39, 0.29) is 0 Å². The average molecular weight is 256 g/mol. The quantitative estimate of drug-likeness (QED) is 0.859. The van der Waals surface area contributed by atoms with Gasteiger partial charge in [-0.3, -0.25) is 0 Å². The van der Waals surface area contributed by atoms with Gasteiger partial charge in [0.15, 0.2) is 0 Å². The summed E-state index contributed by atoms with van der Waals surface area (Å²) in [6, 6.07) is 6.08. The van der Waals surface area contributed by atoms with E-state index in [0.717, 1.165) is 18.5 Å². The zero-order valence-electron chi connectivity index (χ0n) is 10.2. The second-order valence-electron chi connectivity index (χ2n) is 4.82. The van der Waals surface area contributed by atoms with Gasteiger partial charge in [-0.15, -0.1) is 0 Å². The Morgan fingerprint density at radius 1 is 1.47 bits per heavy atom. The van der Waals surface area contributed by atoms with Crippen molar-refractivity contribution < 1.29 is 4.39 Å². The Morgan fingerprint density at radius 3 is 2.88 bits per heavy atom. The number of nitrogens with one attached hydrogen (secondary N) is 1. The molecule has 1 nitrogen and oxygen atoms in total. The number of halogens is 2. The summed E-state index contributed by atoms with van der Waals surface area (Å²) in [4.78, 5) is 0. The van der Waals surface area contributed by atoms with Crippen molar-refractivity contribution in [1.29, 1.82) is 0 Å². The molecule has 0 spiro atoms. The molecule has 1 aliphatic rings. The third-order valence-corrected chi connectivity index (χ3v) is 3.77. The average Bonchev–Trinajstić information content (AvgIpc) is 2.33. The second-order valence-corrected chi connectivity index (χ2v) is 5.23. The second kappa shape index (κ2) is 5.83. The van der Waals surface area contributed by atoms with Crippen molar-refractivity contribution >= 4 is 11.6 Å². The van der Waals surface area contributed by atoms with Crippen LogP contribution in [0.3, 0.4) is 0 Å². The largest absolute Gasteiger partial charge is 0.314 e. The Labute approximate surface area is 107 Å². The van der Waals surface area contributed by atoms with E-state index in [2.05, 4.69) is 5.32 Å². The van der Waals surface area contributed by atoms with E-state index in [9.17, 15) is 4.39 Å². The molecular formula is C14H19ClFN. The summed E-state index contributed by atoms with van der Waals surface area (Å²) in [5.74, 6) is 0. The molecule has 17 heavy (non-hydrogen) atoms. The van der Waals surface area contributed by atoms with Gasteiger partial charge >= 0.3 is 0 Å². The van der Waals surface area contributed by atoms with Gasteiger partial charge in [-0.1, -0.05) is 30.2 Å². The lowest BCUT2D eigenvalue weighted by Gasteiger charge is -2.24. The predicted octanol–water partition coefficient (Wildman–Crippen LogP) is 4.06. The number of piperidine rings is 1. The minimum atomic E-state index is -0.950. The predicted molar refractivity (Wildman–Crippen MR) is 70.3 cm³/mol. The minimum Gasteiger partial charge on any atom is -0.314 e. The molecule has 2 atom stereocenters. The Morgan fingerprint density at radius 2 is 2.29 bits per heavy atom. The summed E-state index contributed by atoms with van der Waals surface area (Å²) >= 11 is 6.20. The molecule has 1 aliphatic heterocycles. The summed E-state index contributed by atoms with van der Waals surface area (Å²) in [5.41, 5.74) is 1.78. The van der Waals surface area contributed by atoms with Crippen LogP contribution in [0.2, 0.25) is 5.02 Å². The third-order valence-electron chi connectivity index (χ3n) is 3.42. The van der Waals surface area contributed by atoms with Crippen LogP contribution in [0, 0.1) is 0 Å². The smallest absolute Gasteiger partial charge is 0.122 e. The zero-order valence-corrected chi connectivity index (χ0v) is 10.9. The number of hydrogen-bond donors (Lipinski definition) is 1. The van der Waals surface area contributed by atoms with Gasteiger partial charge in [0, 0.05) is 11.1 Å². The molecule has 0 aromatic heterocycles. The fourth-order valence-electron chi connectivity index (χ4n) is 2.34. The van der Waals surface area contributed by atoms with E-state index in [4.69, 9.17) is 11.6 Å². The van der Waals surface area contributed by atoms with Crippen molar-refractivity contribution in [2.24, 2.45) is 0 Å². The molecule has 2 rings (SSSR count). The zero-order chi connectivity index (χ0) is 12.3. The monoisotopic (exact) mass is 255 g/mol. The van der Waals surface area contributed by atoms with Gasteiger partial charge in [0.25, 0.3) is 0 Å². The normalized spacial score (nSPS) is 22.4. The molecule has 3 heteroatoms. The van der Waals surface area contributed by atoms with Gasteiger partial charge in [-0.05, 0) is 49.9 Å². The van der Waals surface area contributed by atoms with E-state index >= 15 is 0 Å². The molecule has 2 unspecified atom stereocenters. The first-order valence-corrected chi connectivity index (χ1v) is 6.70. The van der Waals surface area contributed by atoms with Crippen molar-refractivity contribution in [3.05, 3.63) is 34.3 Å². The van der Waals surface area contributed by atoms with Gasteiger partial charge < -0.3 is 5.32 Å². The lowest BCUT2D eigenvalue weighted by Crippen LogP contribution is -2.35. The van der Waals surface area contributed by atoms with Crippen LogP contribution in [-0.4, -0.2) is 12.6 Å². The molecule has 0 aliphatic carbocycles. The number of benzene rings is 1. The van der Waals surface area contributed by atoms with Crippen LogP contribution in [0.1, 0.15) is 43.5 Å². The molecule has 0 bridgehead atoms. The highest BCUT2D eigenvalue weighted by Crippen LogP contribution is 2.25. The molecule has 0 saturated carbocycles. The Balaban J connectivity index is 2.05. The summed E-state index contributed by atoms with van der Waals surface area (Å²) in [5, 5.41) is 4.19. The highest BCUT2D eigenvalue weighted by Gasteiger charge is 2.15. The van der Waals surface area contributed by atoms with E-state index in [0.29, 0.717) is 16.6 Å². The summed E-state index contributed by atoms with van der Waals surface area (Å²) in [6.07, 6.45) is 3.75. The van der Waals surface area contributed by atoms with Crippen LogP contribution in [0.25, 0.3) is 0 Å². The third kappa shape index (κ3) is 3.43. The maximum Gasteiger partial charge on any atom is 0.122 e. The molecule has 1 aromatic carbocycles. The molecule has 0 amide bonds. The van der Waals surface area contributed by atoms with Gasteiger partial charge in [0.2, 0.25) is 0 Å². The van der Waals surface area contributed by atoms with E-state index < -0.39 is 6.17 Å².